The largest absolute Gasteiger partial charge is 0.497 e. The first-order valence-corrected chi connectivity index (χ1v) is 12.3. The van der Waals surface area contributed by atoms with Crippen molar-refractivity contribution >= 4 is 5.91 Å². The van der Waals surface area contributed by atoms with Crippen LogP contribution in [0.5, 0.6) is 5.75 Å². The molecule has 0 N–H and O–H groups in total. The van der Waals surface area contributed by atoms with Gasteiger partial charge in [0.25, 0.3) is 0 Å². The Morgan fingerprint density at radius 2 is 1.62 bits per heavy atom. The maximum atomic E-state index is 13.0. The Bertz CT molecular complexity index is 790. The van der Waals surface area contributed by atoms with Crippen LogP contribution in [0.25, 0.3) is 0 Å². The number of piperidine rings is 1. The predicted molar refractivity (Wildman–Crippen MR) is 130 cm³/mol. The SMILES string of the molecule is CCCCCCCC[C@H]1[C@@H](OCc2ccccc2)CCC(=O)N1Cc1ccc(OC)cc1. The summed E-state index contributed by atoms with van der Waals surface area (Å²) in [6.45, 7) is 3.48. The minimum absolute atomic E-state index is 0.0850. The molecule has 3 rings (SSSR count). The normalized spacial score (nSPS) is 18.7. The van der Waals surface area contributed by atoms with Gasteiger partial charge in [-0.25, -0.2) is 0 Å². The van der Waals surface area contributed by atoms with Crippen LogP contribution < -0.4 is 4.74 Å². The Balaban J connectivity index is 1.66. The molecule has 1 saturated heterocycles. The van der Waals surface area contributed by atoms with Crippen molar-refractivity contribution in [3.05, 3.63) is 65.7 Å². The van der Waals surface area contributed by atoms with Gasteiger partial charge >= 0.3 is 0 Å². The summed E-state index contributed by atoms with van der Waals surface area (Å²) < 4.78 is 11.7. The van der Waals surface area contributed by atoms with Gasteiger partial charge in [-0.3, -0.25) is 4.79 Å². The van der Waals surface area contributed by atoms with E-state index >= 15 is 0 Å². The highest BCUT2D eigenvalue weighted by atomic mass is 16.5. The highest BCUT2D eigenvalue weighted by Gasteiger charge is 2.36. The first kappa shape index (κ1) is 24.3. The summed E-state index contributed by atoms with van der Waals surface area (Å²) in [7, 11) is 1.67. The fourth-order valence-electron chi connectivity index (χ4n) is 4.57. The molecule has 1 heterocycles. The number of methoxy groups -OCH3 is 1. The number of amides is 1. The summed E-state index contributed by atoms with van der Waals surface area (Å²) in [5, 5.41) is 0. The monoisotopic (exact) mass is 437 g/mol. The number of likely N-dealkylation sites (tertiary alicyclic amines) is 1. The third-order valence-electron chi connectivity index (χ3n) is 6.46. The molecular formula is C28H39NO3. The smallest absolute Gasteiger partial charge is 0.223 e. The molecule has 2 aromatic carbocycles. The second kappa shape index (κ2) is 13.3. The van der Waals surface area contributed by atoms with Gasteiger partial charge in [-0.1, -0.05) is 87.9 Å². The van der Waals surface area contributed by atoms with Crippen LogP contribution in [0.2, 0.25) is 0 Å². The van der Waals surface area contributed by atoms with Crippen LogP contribution in [0.3, 0.4) is 0 Å². The van der Waals surface area contributed by atoms with Gasteiger partial charge in [-0.15, -0.1) is 0 Å². The van der Waals surface area contributed by atoms with Gasteiger partial charge in [0.2, 0.25) is 5.91 Å². The number of hydrogen-bond acceptors (Lipinski definition) is 3. The first-order chi connectivity index (χ1) is 15.7. The number of hydrogen-bond donors (Lipinski definition) is 0. The van der Waals surface area contributed by atoms with Crippen molar-refractivity contribution in [2.24, 2.45) is 0 Å². The van der Waals surface area contributed by atoms with Crippen molar-refractivity contribution in [2.45, 2.75) is 90.0 Å². The highest BCUT2D eigenvalue weighted by molar-refractivity contribution is 5.77. The number of benzene rings is 2. The van der Waals surface area contributed by atoms with Crippen molar-refractivity contribution in [3.63, 3.8) is 0 Å². The Hall–Kier alpha value is -2.33. The Morgan fingerprint density at radius 1 is 0.906 bits per heavy atom. The van der Waals surface area contributed by atoms with Gasteiger partial charge in [0, 0.05) is 13.0 Å². The number of nitrogens with zero attached hydrogens (tertiary/aromatic N) is 1. The predicted octanol–water partition coefficient (Wildman–Crippen LogP) is 6.52. The van der Waals surface area contributed by atoms with Crippen LogP contribution >= 0.6 is 0 Å². The van der Waals surface area contributed by atoms with E-state index in [0.29, 0.717) is 19.6 Å². The van der Waals surface area contributed by atoms with Crippen LogP contribution in [-0.4, -0.2) is 30.1 Å². The van der Waals surface area contributed by atoms with Crippen LogP contribution in [0.1, 0.15) is 75.8 Å². The molecule has 0 bridgehead atoms. The molecule has 1 amide bonds. The molecule has 0 radical (unpaired) electrons. The van der Waals surface area contributed by atoms with E-state index in [0.717, 1.165) is 30.6 Å². The molecule has 1 fully saturated rings. The van der Waals surface area contributed by atoms with E-state index in [2.05, 4.69) is 36.1 Å². The standard InChI is InChI=1S/C28H39NO3/c1-3-4-5-6-7-11-14-26-27(32-22-24-12-9-8-10-13-24)19-20-28(30)29(26)21-23-15-17-25(31-2)18-16-23/h8-10,12-13,15-18,26-27H,3-7,11,14,19-22H2,1-2H3/t26-,27-/m0/s1. The van der Waals surface area contributed by atoms with Gasteiger partial charge in [-0.05, 0) is 36.1 Å². The van der Waals surface area contributed by atoms with Crippen molar-refractivity contribution in [1.82, 2.24) is 4.90 Å². The third kappa shape index (κ3) is 7.37. The summed E-state index contributed by atoms with van der Waals surface area (Å²) in [6, 6.07) is 18.5. The minimum Gasteiger partial charge on any atom is -0.497 e. The number of rotatable bonds is 13. The maximum Gasteiger partial charge on any atom is 0.223 e. The van der Waals surface area contributed by atoms with Gasteiger partial charge in [-0.2, -0.15) is 0 Å². The lowest BCUT2D eigenvalue weighted by Gasteiger charge is -2.41. The lowest BCUT2D eigenvalue weighted by Crippen LogP contribution is -2.51. The zero-order valence-electron chi connectivity index (χ0n) is 19.8. The quantitative estimate of drug-likeness (QED) is 0.335. The Labute approximate surface area is 193 Å². The van der Waals surface area contributed by atoms with E-state index in [-0.39, 0.29) is 18.1 Å². The number of carbonyl (C=O) groups excluding carboxylic acids is 1. The average molecular weight is 438 g/mol. The zero-order valence-corrected chi connectivity index (χ0v) is 19.8. The summed E-state index contributed by atoms with van der Waals surface area (Å²) >= 11 is 0. The lowest BCUT2D eigenvalue weighted by atomic mass is 9.92. The molecule has 174 valence electrons. The molecule has 0 aliphatic carbocycles. The highest BCUT2D eigenvalue weighted by Crippen LogP contribution is 2.29. The van der Waals surface area contributed by atoms with Crippen molar-refractivity contribution in [1.29, 1.82) is 0 Å². The molecule has 32 heavy (non-hydrogen) atoms. The first-order valence-electron chi connectivity index (χ1n) is 12.3. The molecule has 0 unspecified atom stereocenters. The second-order valence-electron chi connectivity index (χ2n) is 8.87. The van der Waals surface area contributed by atoms with Gasteiger partial charge in [0.1, 0.15) is 5.75 Å². The molecule has 0 saturated carbocycles. The van der Waals surface area contributed by atoms with Crippen LogP contribution in [-0.2, 0) is 22.7 Å². The molecule has 2 aromatic rings. The summed E-state index contributed by atoms with van der Waals surface area (Å²) in [6.07, 6.45) is 10.0. The molecule has 2 atom stereocenters. The van der Waals surface area contributed by atoms with E-state index in [1.807, 2.05) is 30.3 Å². The van der Waals surface area contributed by atoms with Crippen molar-refractivity contribution < 1.29 is 14.3 Å². The third-order valence-corrected chi connectivity index (χ3v) is 6.46. The van der Waals surface area contributed by atoms with E-state index in [1.54, 1.807) is 7.11 Å². The van der Waals surface area contributed by atoms with Gasteiger partial charge < -0.3 is 14.4 Å². The molecule has 4 heteroatoms. The Kier molecular flexibility index (Phi) is 10.1. The maximum absolute atomic E-state index is 13.0. The average Bonchev–Trinajstić information content (AvgIpc) is 2.83. The van der Waals surface area contributed by atoms with Crippen LogP contribution in [0.4, 0.5) is 0 Å². The van der Waals surface area contributed by atoms with Crippen LogP contribution in [0, 0.1) is 0 Å². The number of carbonyl (C=O) groups is 1. The summed E-state index contributed by atoms with van der Waals surface area (Å²) in [4.78, 5) is 15.0. The zero-order chi connectivity index (χ0) is 22.6. The lowest BCUT2D eigenvalue weighted by molar-refractivity contribution is -0.147. The summed E-state index contributed by atoms with van der Waals surface area (Å²) in [5.74, 6) is 1.09. The molecule has 0 spiro atoms. The van der Waals surface area contributed by atoms with Crippen molar-refractivity contribution in [2.75, 3.05) is 7.11 Å². The van der Waals surface area contributed by atoms with E-state index in [4.69, 9.17) is 9.47 Å². The second-order valence-corrected chi connectivity index (χ2v) is 8.87. The van der Waals surface area contributed by atoms with Gasteiger partial charge in [0.15, 0.2) is 0 Å². The molecular weight excluding hydrogens is 398 g/mol. The summed E-state index contributed by atoms with van der Waals surface area (Å²) in [5.41, 5.74) is 2.32. The van der Waals surface area contributed by atoms with Gasteiger partial charge in [0.05, 0.1) is 25.9 Å². The van der Waals surface area contributed by atoms with E-state index in [1.165, 1.54) is 37.7 Å². The minimum atomic E-state index is 0.0850. The number of unbranched alkanes of at least 4 members (excludes halogenated alkanes) is 5. The topological polar surface area (TPSA) is 38.8 Å². The number of ether oxygens (including phenoxy) is 2. The fraction of sp³-hybridized carbons (Fsp3) is 0.536. The van der Waals surface area contributed by atoms with Crippen molar-refractivity contribution in [3.8, 4) is 5.75 Å². The molecule has 4 nitrogen and oxygen atoms in total. The fourth-order valence-corrected chi connectivity index (χ4v) is 4.57. The molecule has 1 aliphatic rings. The van der Waals surface area contributed by atoms with Crippen LogP contribution in [0.15, 0.2) is 54.6 Å². The molecule has 0 aromatic heterocycles. The van der Waals surface area contributed by atoms with E-state index < -0.39 is 0 Å². The Morgan fingerprint density at radius 3 is 2.34 bits per heavy atom. The molecule has 1 aliphatic heterocycles. The van der Waals surface area contributed by atoms with E-state index in [9.17, 15) is 4.79 Å².